The lowest BCUT2D eigenvalue weighted by Gasteiger charge is -2.34. The number of alkyl halides is 3. The quantitative estimate of drug-likeness (QED) is 0.0465. The Hall–Kier alpha value is -4.68. The number of piperidine rings is 1. The van der Waals surface area contributed by atoms with Gasteiger partial charge in [0.15, 0.2) is 5.96 Å². The Morgan fingerprint density at radius 3 is 2.34 bits per heavy atom. The van der Waals surface area contributed by atoms with Gasteiger partial charge in [-0.15, -0.1) is 0 Å². The van der Waals surface area contributed by atoms with Crippen LogP contribution in [0.5, 0.6) is 0 Å². The molecular formula is C36H40F3N9O3S2. The van der Waals surface area contributed by atoms with Crippen molar-refractivity contribution in [3.63, 3.8) is 0 Å². The Morgan fingerprint density at radius 1 is 1.00 bits per heavy atom. The second-order valence-electron chi connectivity index (χ2n) is 12.6. The molecule has 53 heavy (non-hydrogen) atoms. The van der Waals surface area contributed by atoms with Gasteiger partial charge >= 0.3 is 11.2 Å². The number of aromatic nitrogens is 3. The van der Waals surface area contributed by atoms with Crippen molar-refractivity contribution in [3.05, 3.63) is 107 Å². The standard InChI is InChI=1S/C36H40F3N9O3S2/c37-36(38,39)52-30-10-4-25(5-11-30)22-48(29-14-18-42-19-15-29)53(50,51)31-12-6-26(7-13-31)32-20-27-23-47(35(49)46-33(27)45-32)28-8-2-24(3-9-28)21-43-16-1-17-44-34(40)41/h2-13,20,23,29,42-43H,1,14-19,21-22H2,(H4,40,41,44)(H,45,46,49). The predicted molar refractivity (Wildman–Crippen MR) is 201 cm³/mol. The van der Waals surface area contributed by atoms with Crippen molar-refractivity contribution in [2.24, 2.45) is 16.5 Å². The van der Waals surface area contributed by atoms with E-state index in [9.17, 15) is 26.4 Å². The molecule has 1 saturated heterocycles. The molecule has 0 bridgehead atoms. The van der Waals surface area contributed by atoms with E-state index in [2.05, 4.69) is 25.6 Å². The summed E-state index contributed by atoms with van der Waals surface area (Å²) in [7, 11) is -3.98. The van der Waals surface area contributed by atoms with Crippen LogP contribution >= 0.6 is 11.8 Å². The largest absolute Gasteiger partial charge is 0.446 e. The number of hydrogen-bond donors (Lipinski definition) is 5. The Morgan fingerprint density at radius 2 is 1.68 bits per heavy atom. The van der Waals surface area contributed by atoms with E-state index >= 15 is 0 Å². The van der Waals surface area contributed by atoms with Crippen molar-refractivity contribution in [1.29, 1.82) is 0 Å². The van der Waals surface area contributed by atoms with Crippen LogP contribution in [0.1, 0.15) is 30.4 Å². The molecule has 5 aromatic rings. The lowest BCUT2D eigenvalue weighted by molar-refractivity contribution is -0.0328. The first-order chi connectivity index (χ1) is 25.4. The van der Waals surface area contributed by atoms with E-state index in [1.54, 1.807) is 30.5 Å². The summed E-state index contributed by atoms with van der Waals surface area (Å²) in [6.45, 7) is 3.28. The van der Waals surface area contributed by atoms with Gasteiger partial charge < -0.3 is 27.1 Å². The molecule has 3 aromatic carbocycles. The first kappa shape index (κ1) is 38.1. The number of halogens is 3. The van der Waals surface area contributed by atoms with E-state index in [0.717, 1.165) is 18.5 Å². The molecule has 6 rings (SSSR count). The van der Waals surface area contributed by atoms with Gasteiger partial charge in [0.25, 0.3) is 0 Å². The van der Waals surface area contributed by atoms with Crippen LogP contribution in [0.25, 0.3) is 28.0 Å². The number of rotatable bonds is 14. The molecule has 0 amide bonds. The summed E-state index contributed by atoms with van der Waals surface area (Å²) in [4.78, 5) is 24.5. The number of guanidine groups is 1. The third-order valence-electron chi connectivity index (χ3n) is 8.84. The van der Waals surface area contributed by atoms with Gasteiger partial charge in [0.2, 0.25) is 10.0 Å². The second-order valence-corrected chi connectivity index (χ2v) is 15.7. The molecule has 3 heterocycles. The number of nitrogens with two attached hydrogens (primary N) is 2. The zero-order valence-electron chi connectivity index (χ0n) is 28.6. The van der Waals surface area contributed by atoms with Gasteiger partial charge in [-0.1, -0.05) is 36.4 Å². The minimum atomic E-state index is -4.41. The van der Waals surface area contributed by atoms with Gasteiger partial charge in [0, 0.05) is 47.8 Å². The highest BCUT2D eigenvalue weighted by molar-refractivity contribution is 8.00. The number of thioether (sulfide) groups is 1. The third-order valence-corrected chi connectivity index (χ3v) is 11.5. The molecule has 0 radical (unpaired) electrons. The highest BCUT2D eigenvalue weighted by Gasteiger charge is 2.33. The topological polar surface area (TPSA) is 177 Å². The lowest BCUT2D eigenvalue weighted by atomic mass is 10.1. The van der Waals surface area contributed by atoms with E-state index in [1.165, 1.54) is 33.1 Å². The third kappa shape index (κ3) is 9.85. The molecule has 17 heteroatoms. The van der Waals surface area contributed by atoms with Gasteiger partial charge in [-0.05, 0) is 110 Å². The molecule has 7 N–H and O–H groups in total. The summed E-state index contributed by atoms with van der Waals surface area (Å²) in [5.74, 6) is 0.0776. The number of hydrogen-bond acceptors (Lipinski definition) is 8. The molecule has 0 unspecified atom stereocenters. The number of benzene rings is 3. The van der Waals surface area contributed by atoms with Crippen LogP contribution in [0.15, 0.2) is 105 Å². The van der Waals surface area contributed by atoms with Gasteiger partial charge in [0.05, 0.1) is 10.6 Å². The molecule has 0 aliphatic carbocycles. The first-order valence-corrected chi connectivity index (χ1v) is 19.3. The van der Waals surface area contributed by atoms with Crippen LogP contribution in [0, 0.1) is 0 Å². The molecule has 12 nitrogen and oxygen atoms in total. The number of nitrogens with zero attached hydrogens (tertiary/aromatic N) is 4. The average Bonchev–Trinajstić information content (AvgIpc) is 3.55. The molecule has 280 valence electrons. The molecule has 0 saturated carbocycles. The fourth-order valence-electron chi connectivity index (χ4n) is 6.18. The predicted octanol–water partition coefficient (Wildman–Crippen LogP) is 4.69. The Balaban J connectivity index is 1.17. The molecule has 1 aliphatic rings. The van der Waals surface area contributed by atoms with Crippen molar-refractivity contribution >= 4 is 38.8 Å². The SMILES string of the molecule is NC(N)=NCCCNCc1ccc(-n2cc3cc(-c4ccc(S(=O)(=O)N(Cc5ccc(SC(F)(F)F)cc5)C5CCNCC5)cc4)[nH]c3nc2=O)cc1. The summed E-state index contributed by atoms with van der Waals surface area (Å²) in [5.41, 5.74) is 9.87. The number of aromatic amines is 1. The zero-order chi connectivity index (χ0) is 37.6. The van der Waals surface area contributed by atoms with E-state index in [1.807, 2.05) is 30.3 Å². The Bertz CT molecular complexity index is 2200. The highest BCUT2D eigenvalue weighted by Crippen LogP contribution is 2.37. The van der Waals surface area contributed by atoms with Crippen molar-refractivity contribution in [2.75, 3.05) is 26.2 Å². The van der Waals surface area contributed by atoms with Crippen molar-refractivity contribution in [2.45, 2.75) is 53.7 Å². The Kier molecular flexibility index (Phi) is 11.9. The van der Waals surface area contributed by atoms with Gasteiger partial charge in [0.1, 0.15) is 5.65 Å². The van der Waals surface area contributed by atoms with Gasteiger partial charge in [-0.3, -0.25) is 9.56 Å². The van der Waals surface area contributed by atoms with Crippen molar-refractivity contribution in [3.8, 4) is 16.9 Å². The highest BCUT2D eigenvalue weighted by atomic mass is 32.2. The van der Waals surface area contributed by atoms with Crippen LogP contribution in [0.4, 0.5) is 13.2 Å². The van der Waals surface area contributed by atoms with Crippen LogP contribution in [-0.4, -0.2) is 70.9 Å². The maximum Gasteiger partial charge on any atom is 0.446 e. The maximum atomic E-state index is 14.1. The van der Waals surface area contributed by atoms with E-state index in [-0.39, 0.29) is 40.1 Å². The fraction of sp³-hybridized carbons (Fsp3) is 0.306. The lowest BCUT2D eigenvalue weighted by Crippen LogP contribution is -2.45. The minimum Gasteiger partial charge on any atom is -0.370 e. The van der Waals surface area contributed by atoms with E-state index in [0.29, 0.717) is 72.6 Å². The summed E-state index contributed by atoms with van der Waals surface area (Å²) in [5, 5.41) is 7.28. The molecule has 0 spiro atoms. The number of sulfonamides is 1. The first-order valence-electron chi connectivity index (χ1n) is 17.0. The Labute approximate surface area is 308 Å². The maximum absolute atomic E-state index is 14.1. The summed E-state index contributed by atoms with van der Waals surface area (Å²) in [6.07, 6.45) is 3.72. The molecule has 1 fully saturated rings. The molecule has 0 atom stereocenters. The summed E-state index contributed by atoms with van der Waals surface area (Å²) < 4.78 is 69.7. The molecule has 1 aliphatic heterocycles. The number of H-pyrrole nitrogens is 1. The molecule has 2 aromatic heterocycles. The van der Waals surface area contributed by atoms with Crippen LogP contribution in [0.2, 0.25) is 0 Å². The minimum absolute atomic E-state index is 0.0261. The summed E-state index contributed by atoms with van der Waals surface area (Å²) >= 11 is -0.208. The van der Waals surface area contributed by atoms with E-state index in [4.69, 9.17) is 11.5 Å². The van der Waals surface area contributed by atoms with Crippen LogP contribution in [-0.2, 0) is 23.1 Å². The van der Waals surface area contributed by atoms with Gasteiger partial charge in [-0.25, -0.2) is 13.2 Å². The van der Waals surface area contributed by atoms with Crippen molar-refractivity contribution < 1.29 is 21.6 Å². The number of nitrogens with one attached hydrogen (secondary N) is 3. The van der Waals surface area contributed by atoms with E-state index < -0.39 is 21.2 Å². The monoisotopic (exact) mass is 767 g/mol. The van der Waals surface area contributed by atoms with Crippen LogP contribution < -0.4 is 27.8 Å². The second kappa shape index (κ2) is 16.6. The number of fused-ring (bicyclic) bond motifs is 1. The van der Waals surface area contributed by atoms with Crippen LogP contribution in [0.3, 0.4) is 0 Å². The molecular weight excluding hydrogens is 728 g/mol. The fourth-order valence-corrected chi connectivity index (χ4v) is 8.39. The van der Waals surface area contributed by atoms with Crippen molar-refractivity contribution in [1.82, 2.24) is 29.5 Å². The number of aliphatic imine (C=N–C) groups is 1. The average molecular weight is 768 g/mol. The van der Waals surface area contributed by atoms with Gasteiger partial charge in [-0.2, -0.15) is 22.5 Å². The summed E-state index contributed by atoms with van der Waals surface area (Å²) in [6, 6.07) is 21.4. The zero-order valence-corrected chi connectivity index (χ0v) is 30.3. The normalized spacial score (nSPS) is 14.2. The smallest absolute Gasteiger partial charge is 0.370 e.